The van der Waals surface area contributed by atoms with E-state index in [1.54, 1.807) is 12.5 Å². The molecule has 1 aromatic carbocycles. The molecule has 1 saturated heterocycles. The molecule has 1 unspecified atom stereocenters. The van der Waals surface area contributed by atoms with Gasteiger partial charge in [-0.05, 0) is 19.5 Å². The van der Waals surface area contributed by atoms with E-state index in [2.05, 4.69) is 47.1 Å². The lowest BCUT2D eigenvalue weighted by Crippen LogP contribution is -2.45. The van der Waals surface area contributed by atoms with E-state index in [4.69, 9.17) is 0 Å². The summed E-state index contributed by atoms with van der Waals surface area (Å²) in [4.78, 5) is 27.1. The van der Waals surface area contributed by atoms with E-state index in [9.17, 15) is 4.55 Å². The Balaban J connectivity index is 1.62. The largest absolute Gasteiger partial charge is 0.610 e. The zero-order valence-corrected chi connectivity index (χ0v) is 19.7. The molecular weight excluding hydrogens is 424 g/mol. The number of rotatable bonds is 6. The van der Waals surface area contributed by atoms with Crippen molar-refractivity contribution in [2.45, 2.75) is 25.3 Å². The van der Waals surface area contributed by atoms with E-state index in [1.165, 1.54) is 0 Å². The van der Waals surface area contributed by atoms with Crippen LogP contribution in [0.5, 0.6) is 0 Å². The van der Waals surface area contributed by atoms with Gasteiger partial charge in [0.05, 0.1) is 5.56 Å². The highest BCUT2D eigenvalue weighted by Gasteiger charge is 2.20. The third kappa shape index (κ3) is 5.14. The minimum Gasteiger partial charge on any atom is -0.610 e. The summed E-state index contributed by atoms with van der Waals surface area (Å²) in [6.45, 7) is 7.70. The smallest absolute Gasteiger partial charge is 0.256 e. The highest BCUT2D eigenvalue weighted by Crippen LogP contribution is 2.27. The van der Waals surface area contributed by atoms with Crippen molar-refractivity contribution in [2.75, 3.05) is 49.7 Å². The molecule has 2 aromatic heterocycles. The van der Waals surface area contributed by atoms with Gasteiger partial charge in [0.1, 0.15) is 12.1 Å². The highest BCUT2D eigenvalue weighted by molar-refractivity contribution is 7.90. The molecule has 0 saturated carbocycles. The van der Waals surface area contributed by atoms with Crippen molar-refractivity contribution in [1.29, 1.82) is 0 Å². The van der Waals surface area contributed by atoms with Crippen LogP contribution in [0.1, 0.15) is 18.3 Å². The lowest BCUT2D eigenvalue weighted by Gasteiger charge is -2.32. The molecule has 9 nitrogen and oxygen atoms in total. The Labute approximate surface area is 191 Å². The van der Waals surface area contributed by atoms with Gasteiger partial charge in [0.2, 0.25) is 17.8 Å². The van der Waals surface area contributed by atoms with Gasteiger partial charge in [0, 0.05) is 50.0 Å². The summed E-state index contributed by atoms with van der Waals surface area (Å²) in [5.41, 5.74) is 2.84. The molecule has 1 fully saturated rings. The van der Waals surface area contributed by atoms with Crippen molar-refractivity contribution >= 4 is 29.0 Å². The number of piperazine rings is 1. The maximum absolute atomic E-state index is 12.4. The minimum absolute atomic E-state index is 0.309. The first-order valence-electron chi connectivity index (χ1n) is 10.7. The fourth-order valence-corrected chi connectivity index (χ4v) is 4.14. The second-order valence-corrected chi connectivity index (χ2v) is 9.17. The van der Waals surface area contributed by atoms with Crippen molar-refractivity contribution in [3.05, 3.63) is 41.9 Å². The predicted molar refractivity (Wildman–Crippen MR) is 127 cm³/mol. The van der Waals surface area contributed by atoms with E-state index in [-0.39, 0.29) is 0 Å². The first kappa shape index (κ1) is 22.4. The Hall–Kier alpha value is -2.82. The molecule has 1 aliphatic heterocycles. The van der Waals surface area contributed by atoms with Crippen molar-refractivity contribution in [1.82, 2.24) is 29.8 Å². The summed E-state index contributed by atoms with van der Waals surface area (Å²) in [6, 6.07) is 8.00. The Morgan fingerprint density at radius 3 is 2.38 bits per heavy atom. The predicted octanol–water partition coefficient (Wildman–Crippen LogP) is 2.43. The van der Waals surface area contributed by atoms with Gasteiger partial charge in [-0.1, -0.05) is 36.8 Å². The molecule has 1 N–H and O–H groups in total. The van der Waals surface area contributed by atoms with Crippen molar-refractivity contribution in [3.63, 3.8) is 0 Å². The Morgan fingerprint density at radius 1 is 1.00 bits per heavy atom. The molecule has 10 heteroatoms. The van der Waals surface area contributed by atoms with E-state index in [0.29, 0.717) is 35.1 Å². The summed E-state index contributed by atoms with van der Waals surface area (Å²) in [6.07, 6.45) is 4.00. The number of likely N-dealkylation sites (N-methyl/N-ethyl adjacent to an activating group) is 1. The van der Waals surface area contributed by atoms with Crippen molar-refractivity contribution < 1.29 is 4.55 Å². The van der Waals surface area contributed by atoms with Crippen molar-refractivity contribution in [3.8, 4) is 11.1 Å². The summed E-state index contributed by atoms with van der Waals surface area (Å²) in [7, 11) is 2.11. The van der Waals surface area contributed by atoms with Crippen LogP contribution in [0.2, 0.25) is 0 Å². The molecule has 3 aromatic rings. The Kier molecular flexibility index (Phi) is 6.83. The average molecular weight is 453 g/mol. The van der Waals surface area contributed by atoms with Gasteiger partial charge in [-0.15, -0.1) is 0 Å². The molecule has 0 radical (unpaired) electrons. The van der Waals surface area contributed by atoms with Gasteiger partial charge < -0.3 is 14.4 Å². The van der Waals surface area contributed by atoms with E-state index >= 15 is 0 Å². The number of aryl methyl sites for hydroxylation is 2. The number of hydrogen-bond acceptors (Lipinski definition) is 9. The van der Waals surface area contributed by atoms with Gasteiger partial charge in [0.25, 0.3) is 5.03 Å². The maximum Gasteiger partial charge on any atom is 0.256 e. The van der Waals surface area contributed by atoms with E-state index in [0.717, 1.165) is 42.9 Å². The fourth-order valence-electron chi connectivity index (χ4n) is 3.45. The molecule has 4 rings (SSSR count). The van der Waals surface area contributed by atoms with Gasteiger partial charge in [-0.25, -0.2) is 4.98 Å². The molecule has 1 atom stereocenters. The second-order valence-electron chi connectivity index (χ2n) is 7.88. The van der Waals surface area contributed by atoms with E-state index in [1.807, 2.05) is 38.1 Å². The number of anilines is 3. The van der Waals surface area contributed by atoms with Gasteiger partial charge in [-0.2, -0.15) is 19.9 Å². The normalized spacial score (nSPS) is 15.6. The molecule has 1 aliphatic rings. The van der Waals surface area contributed by atoms with Gasteiger partial charge in [-0.3, -0.25) is 5.32 Å². The van der Waals surface area contributed by atoms with Crippen LogP contribution in [0.3, 0.4) is 0 Å². The molecular formula is C22H28N8OS. The monoisotopic (exact) mass is 452 g/mol. The van der Waals surface area contributed by atoms with Crippen LogP contribution in [-0.2, 0) is 17.6 Å². The number of aromatic nitrogens is 5. The quantitative estimate of drug-likeness (QED) is 0.446. The van der Waals surface area contributed by atoms with Crippen LogP contribution < -0.4 is 10.2 Å². The topological polar surface area (TPSA) is 106 Å². The first-order valence-corrected chi connectivity index (χ1v) is 12.2. The van der Waals surface area contributed by atoms with E-state index < -0.39 is 11.2 Å². The second kappa shape index (κ2) is 9.76. The zero-order chi connectivity index (χ0) is 22.7. The lowest BCUT2D eigenvalue weighted by atomic mass is 10.1. The zero-order valence-electron chi connectivity index (χ0n) is 18.9. The first-order chi connectivity index (χ1) is 15.4. The molecule has 3 heterocycles. The number of benzene rings is 1. The van der Waals surface area contributed by atoms with Crippen LogP contribution in [0.4, 0.5) is 17.8 Å². The molecule has 32 heavy (non-hydrogen) atoms. The molecule has 0 spiro atoms. The standard InChI is InChI=1S/C22H28N8OS/c1-5-18-24-21(28-22(25-18)30-12-10-29(3)11-13-30)27-20-23-14-17(19(26-20)32(4)31)16-8-6-15(2)7-9-16/h6-9,14H,5,10-13H2,1-4H3,(H,23,24,25,26,27,28). The molecule has 168 valence electrons. The Bertz CT molecular complexity index is 1070. The number of nitrogens with zero attached hydrogens (tertiary/aromatic N) is 7. The SMILES string of the molecule is CCc1nc(Nc2ncc(-c3ccc(C)cc3)c([S+](C)[O-])n2)nc(N2CCN(C)CC2)n1. The molecule has 0 amide bonds. The van der Waals surface area contributed by atoms with Crippen LogP contribution in [0.15, 0.2) is 35.5 Å². The lowest BCUT2D eigenvalue weighted by molar-refractivity contribution is 0.311. The average Bonchev–Trinajstić information content (AvgIpc) is 2.80. The van der Waals surface area contributed by atoms with Crippen molar-refractivity contribution in [2.24, 2.45) is 0 Å². The molecule has 0 aliphatic carbocycles. The van der Waals surface area contributed by atoms with Crippen LogP contribution in [0.25, 0.3) is 11.1 Å². The maximum atomic E-state index is 12.4. The molecule has 0 bridgehead atoms. The number of hydrogen-bond donors (Lipinski definition) is 1. The van der Waals surface area contributed by atoms with Crippen LogP contribution >= 0.6 is 0 Å². The van der Waals surface area contributed by atoms with Crippen LogP contribution in [0, 0.1) is 6.92 Å². The summed E-state index contributed by atoms with van der Waals surface area (Å²) >= 11 is -1.29. The highest BCUT2D eigenvalue weighted by atomic mass is 32.2. The van der Waals surface area contributed by atoms with Gasteiger partial charge >= 0.3 is 0 Å². The van der Waals surface area contributed by atoms with Crippen LogP contribution in [-0.4, -0.2) is 73.9 Å². The summed E-state index contributed by atoms with van der Waals surface area (Å²) in [5, 5.41) is 3.56. The fraction of sp³-hybridized carbons (Fsp3) is 0.409. The third-order valence-electron chi connectivity index (χ3n) is 5.38. The summed E-state index contributed by atoms with van der Waals surface area (Å²) < 4.78 is 12.4. The van der Waals surface area contributed by atoms with Gasteiger partial charge in [0.15, 0.2) is 0 Å². The number of nitrogens with one attached hydrogen (secondary N) is 1. The third-order valence-corrected chi connectivity index (χ3v) is 6.24. The Morgan fingerprint density at radius 2 is 1.72 bits per heavy atom. The summed E-state index contributed by atoms with van der Waals surface area (Å²) in [5.74, 6) is 2.06. The minimum atomic E-state index is -1.29.